The Kier molecular flexibility index (Phi) is 4.73. The minimum Gasteiger partial charge on any atom is -0.444 e. The molecular weight excluding hydrogens is 274 g/mol. The number of carbonyl (C=O) groups is 1. The Morgan fingerprint density at radius 3 is 2.85 bits per heavy atom. The number of ether oxygens (including phenoxy) is 1. The maximum atomic E-state index is 12.2. The number of nitrogens with zero attached hydrogens (tertiary/aromatic N) is 1. The van der Waals surface area contributed by atoms with E-state index in [1.54, 1.807) is 4.31 Å². The van der Waals surface area contributed by atoms with E-state index in [1.807, 2.05) is 44.2 Å². The third kappa shape index (κ3) is 3.55. The monoisotopic (exact) mass is 293 g/mol. The standard InChI is InChI=1S/C15H19NO3S/c1-12(2)9-15(3)11-19-20-16(15)14(17)18-10-13-7-5-4-6-8-13/h4-8H,1,9-11H2,2-3H3/t15-/m1/s1. The summed E-state index contributed by atoms with van der Waals surface area (Å²) < 4.78 is 12.3. The maximum absolute atomic E-state index is 12.2. The van der Waals surface area contributed by atoms with Gasteiger partial charge in [0.2, 0.25) is 0 Å². The molecule has 0 aromatic heterocycles. The Morgan fingerprint density at radius 1 is 1.50 bits per heavy atom. The molecule has 20 heavy (non-hydrogen) atoms. The van der Waals surface area contributed by atoms with Gasteiger partial charge in [-0.05, 0) is 25.8 Å². The summed E-state index contributed by atoms with van der Waals surface area (Å²) in [5.74, 6) is 0. The average molecular weight is 293 g/mol. The molecule has 5 heteroatoms. The van der Waals surface area contributed by atoms with Crippen molar-refractivity contribution in [2.24, 2.45) is 0 Å². The van der Waals surface area contributed by atoms with Gasteiger partial charge in [0.15, 0.2) is 0 Å². The van der Waals surface area contributed by atoms with Crippen LogP contribution in [-0.4, -0.2) is 22.5 Å². The Morgan fingerprint density at radius 2 is 2.20 bits per heavy atom. The summed E-state index contributed by atoms with van der Waals surface area (Å²) in [5.41, 5.74) is 1.58. The zero-order valence-corrected chi connectivity index (χ0v) is 12.6. The van der Waals surface area contributed by atoms with E-state index in [1.165, 1.54) is 0 Å². The first-order valence-corrected chi connectivity index (χ1v) is 7.16. The Hall–Kier alpha value is -1.46. The first-order chi connectivity index (χ1) is 9.51. The molecule has 0 spiro atoms. The van der Waals surface area contributed by atoms with Crippen molar-refractivity contribution in [1.29, 1.82) is 0 Å². The third-order valence-electron chi connectivity index (χ3n) is 3.04. The minimum absolute atomic E-state index is 0.264. The van der Waals surface area contributed by atoms with Crippen LogP contribution in [0.1, 0.15) is 25.8 Å². The summed E-state index contributed by atoms with van der Waals surface area (Å²) in [6.45, 7) is 8.57. The summed E-state index contributed by atoms with van der Waals surface area (Å²) in [6.07, 6.45) is 0.320. The predicted molar refractivity (Wildman–Crippen MR) is 79.8 cm³/mol. The third-order valence-corrected chi connectivity index (χ3v) is 4.00. The van der Waals surface area contributed by atoms with E-state index >= 15 is 0 Å². The van der Waals surface area contributed by atoms with Crippen LogP contribution in [0, 0.1) is 0 Å². The van der Waals surface area contributed by atoms with Crippen LogP contribution >= 0.6 is 12.2 Å². The van der Waals surface area contributed by atoms with E-state index < -0.39 is 5.54 Å². The fraction of sp³-hybridized carbons (Fsp3) is 0.400. The van der Waals surface area contributed by atoms with Crippen LogP contribution in [-0.2, 0) is 15.5 Å². The van der Waals surface area contributed by atoms with Crippen LogP contribution in [0.15, 0.2) is 42.5 Å². The SMILES string of the molecule is C=C(C)C[C@]1(C)COSN1C(=O)OCc1ccccc1. The molecule has 1 aliphatic heterocycles. The van der Waals surface area contributed by atoms with Gasteiger partial charge < -0.3 is 4.74 Å². The number of carbonyl (C=O) groups excluding carboxylic acids is 1. The fourth-order valence-electron chi connectivity index (χ4n) is 2.16. The first kappa shape index (κ1) is 14.9. The Balaban J connectivity index is 1.96. The smallest absolute Gasteiger partial charge is 0.422 e. The largest absolute Gasteiger partial charge is 0.444 e. The molecule has 1 aromatic rings. The van der Waals surface area contributed by atoms with Gasteiger partial charge in [0.25, 0.3) is 0 Å². The lowest BCUT2D eigenvalue weighted by Gasteiger charge is -2.30. The van der Waals surface area contributed by atoms with Crippen LogP contribution in [0.4, 0.5) is 4.79 Å². The highest BCUT2D eigenvalue weighted by atomic mass is 32.2. The van der Waals surface area contributed by atoms with E-state index in [-0.39, 0.29) is 12.7 Å². The summed E-state index contributed by atoms with van der Waals surface area (Å²) in [6, 6.07) is 9.62. The van der Waals surface area contributed by atoms with E-state index in [0.29, 0.717) is 13.0 Å². The van der Waals surface area contributed by atoms with Crippen LogP contribution in [0.2, 0.25) is 0 Å². The van der Waals surface area contributed by atoms with Gasteiger partial charge in [0.05, 0.1) is 12.1 Å². The minimum atomic E-state index is -0.399. The fourth-order valence-corrected chi connectivity index (χ4v) is 2.98. The van der Waals surface area contributed by atoms with Crippen molar-refractivity contribution in [3.8, 4) is 0 Å². The number of hydrogen-bond donors (Lipinski definition) is 0. The number of benzene rings is 1. The van der Waals surface area contributed by atoms with Crippen LogP contribution in [0.5, 0.6) is 0 Å². The zero-order valence-electron chi connectivity index (χ0n) is 11.8. The zero-order chi connectivity index (χ0) is 14.6. The van der Waals surface area contributed by atoms with Gasteiger partial charge in [0, 0.05) is 0 Å². The van der Waals surface area contributed by atoms with Crippen molar-refractivity contribution in [3.05, 3.63) is 48.0 Å². The van der Waals surface area contributed by atoms with Crippen molar-refractivity contribution in [3.63, 3.8) is 0 Å². The van der Waals surface area contributed by atoms with Crippen LogP contribution in [0.3, 0.4) is 0 Å². The molecule has 0 unspecified atom stereocenters. The van der Waals surface area contributed by atoms with Gasteiger partial charge in [-0.25, -0.2) is 9.10 Å². The van der Waals surface area contributed by atoms with Gasteiger partial charge in [-0.2, -0.15) is 0 Å². The van der Waals surface area contributed by atoms with Gasteiger partial charge in [-0.1, -0.05) is 35.9 Å². The Labute approximate surface area is 124 Å². The second kappa shape index (κ2) is 6.33. The molecule has 1 atom stereocenters. The molecule has 1 heterocycles. The van der Waals surface area contributed by atoms with Crippen molar-refractivity contribution in [1.82, 2.24) is 4.31 Å². The van der Waals surface area contributed by atoms with Crippen molar-refractivity contribution in [2.45, 2.75) is 32.4 Å². The van der Waals surface area contributed by atoms with E-state index in [2.05, 4.69) is 6.58 Å². The number of amides is 1. The second-order valence-electron chi connectivity index (χ2n) is 5.30. The molecule has 4 nitrogen and oxygen atoms in total. The number of rotatable bonds is 4. The molecule has 0 radical (unpaired) electrons. The van der Waals surface area contributed by atoms with Crippen molar-refractivity contribution < 1.29 is 13.7 Å². The summed E-state index contributed by atoms with van der Waals surface area (Å²) in [7, 11) is 0. The quantitative estimate of drug-likeness (QED) is 0.479. The highest BCUT2D eigenvalue weighted by Gasteiger charge is 2.43. The molecular formula is C15H19NO3S. The van der Waals surface area contributed by atoms with Gasteiger partial charge in [0.1, 0.15) is 18.8 Å². The molecule has 0 N–H and O–H groups in total. The summed E-state index contributed by atoms with van der Waals surface area (Å²) in [5, 5.41) is 0. The summed E-state index contributed by atoms with van der Waals surface area (Å²) in [4.78, 5) is 12.2. The molecule has 2 rings (SSSR count). The molecule has 0 bridgehead atoms. The predicted octanol–water partition coefficient (Wildman–Crippen LogP) is 3.94. The first-order valence-electron chi connectivity index (χ1n) is 6.46. The van der Waals surface area contributed by atoms with E-state index in [0.717, 1.165) is 23.4 Å². The normalized spacial score (nSPS) is 21.8. The van der Waals surface area contributed by atoms with Crippen LogP contribution in [0.25, 0.3) is 0 Å². The van der Waals surface area contributed by atoms with Crippen LogP contribution < -0.4 is 0 Å². The number of hydrogen-bond acceptors (Lipinski definition) is 4. The molecule has 108 valence electrons. The lowest BCUT2D eigenvalue weighted by Crippen LogP contribution is -2.44. The van der Waals surface area contributed by atoms with Gasteiger partial charge in [-0.15, -0.1) is 6.58 Å². The Bertz CT molecular complexity index is 491. The molecule has 1 fully saturated rings. The lowest BCUT2D eigenvalue weighted by atomic mass is 9.95. The average Bonchev–Trinajstić information content (AvgIpc) is 2.78. The molecule has 1 amide bonds. The molecule has 0 aliphatic carbocycles. The van der Waals surface area contributed by atoms with Crippen molar-refractivity contribution in [2.75, 3.05) is 6.61 Å². The van der Waals surface area contributed by atoms with E-state index in [4.69, 9.17) is 8.92 Å². The molecule has 0 saturated carbocycles. The van der Waals surface area contributed by atoms with E-state index in [9.17, 15) is 4.79 Å². The topological polar surface area (TPSA) is 38.8 Å². The highest BCUT2D eigenvalue weighted by molar-refractivity contribution is 7.93. The maximum Gasteiger partial charge on any atom is 0.422 e. The molecule has 1 aromatic carbocycles. The van der Waals surface area contributed by atoms with Gasteiger partial charge in [-0.3, -0.25) is 4.18 Å². The second-order valence-corrected chi connectivity index (χ2v) is 6.05. The summed E-state index contributed by atoms with van der Waals surface area (Å²) >= 11 is 1.05. The lowest BCUT2D eigenvalue weighted by molar-refractivity contribution is 0.0967. The van der Waals surface area contributed by atoms with Gasteiger partial charge >= 0.3 is 6.09 Å². The molecule has 1 aliphatic rings. The van der Waals surface area contributed by atoms with Crippen molar-refractivity contribution >= 4 is 18.3 Å². The highest BCUT2D eigenvalue weighted by Crippen LogP contribution is 2.38. The molecule has 1 saturated heterocycles.